The molecule has 0 atom stereocenters. The number of hydrogen-bond acceptors (Lipinski definition) is 4. The van der Waals surface area contributed by atoms with Gasteiger partial charge < -0.3 is 0 Å². The molecule has 0 fully saturated rings. The molecule has 0 aliphatic carbocycles. The average Bonchev–Trinajstić information content (AvgIpc) is 2.98. The van der Waals surface area contributed by atoms with Gasteiger partial charge in [-0.1, -0.05) is 47.5 Å². The molecule has 0 radical (unpaired) electrons. The summed E-state index contributed by atoms with van der Waals surface area (Å²) in [5.74, 6) is 0.607. The second-order valence-electron chi connectivity index (χ2n) is 5.77. The molecule has 5 nitrogen and oxygen atoms in total. The van der Waals surface area contributed by atoms with Crippen molar-refractivity contribution in [2.45, 2.75) is 27.3 Å². The van der Waals surface area contributed by atoms with Crippen LogP contribution in [0.2, 0.25) is 0 Å². The molecule has 0 aliphatic rings. The molecule has 3 rings (SSSR count). The second kappa shape index (κ2) is 6.12. The number of aromatic nitrogens is 4. The third kappa shape index (κ3) is 3.18. The smallest absolute Gasteiger partial charge is 0.184 e. The molecular weight excluding hydrogens is 288 g/mol. The van der Waals surface area contributed by atoms with Crippen LogP contribution in [0.5, 0.6) is 0 Å². The Labute approximate surface area is 135 Å². The van der Waals surface area contributed by atoms with E-state index in [4.69, 9.17) is 0 Å². The normalized spacial score (nSPS) is 10.7. The zero-order valence-corrected chi connectivity index (χ0v) is 13.4. The summed E-state index contributed by atoms with van der Waals surface area (Å²) in [6.45, 7) is 6.06. The lowest BCUT2D eigenvalue weighted by Gasteiger charge is -2.08. The van der Waals surface area contributed by atoms with Crippen LogP contribution in [0.15, 0.2) is 42.5 Å². The van der Waals surface area contributed by atoms with Crippen LogP contribution in [0.4, 0.5) is 0 Å². The number of hydrogen-bond donors (Lipinski definition) is 0. The van der Waals surface area contributed by atoms with Gasteiger partial charge in [0.25, 0.3) is 0 Å². The van der Waals surface area contributed by atoms with E-state index in [0.717, 1.165) is 22.3 Å². The zero-order chi connectivity index (χ0) is 16.4. The van der Waals surface area contributed by atoms with Crippen LogP contribution >= 0.6 is 0 Å². The summed E-state index contributed by atoms with van der Waals surface area (Å²) in [6.07, 6.45) is 0. The highest BCUT2D eigenvalue weighted by atomic mass is 16.1. The largest absolute Gasteiger partial charge is 0.292 e. The standard InChI is InChI=1S/C18H18N4O/c1-12-5-8-15(9-6-12)18-19-20-21-22(18)11-17(23)16-10-13(2)4-7-14(16)3/h4-10H,11H2,1-3H3. The topological polar surface area (TPSA) is 60.7 Å². The second-order valence-corrected chi connectivity index (χ2v) is 5.77. The van der Waals surface area contributed by atoms with E-state index in [1.165, 1.54) is 5.56 Å². The van der Waals surface area contributed by atoms with Gasteiger partial charge >= 0.3 is 0 Å². The minimum absolute atomic E-state index is 0.00635. The molecule has 5 heteroatoms. The van der Waals surface area contributed by atoms with Gasteiger partial charge in [-0.3, -0.25) is 4.79 Å². The van der Waals surface area contributed by atoms with E-state index in [2.05, 4.69) is 15.5 Å². The summed E-state index contributed by atoms with van der Waals surface area (Å²) in [4.78, 5) is 12.6. The molecule has 1 aromatic heterocycles. The van der Waals surface area contributed by atoms with Crippen molar-refractivity contribution in [2.75, 3.05) is 0 Å². The molecule has 0 amide bonds. The number of Topliss-reactive ketones (excluding diaryl/α,β-unsaturated/α-hetero) is 1. The highest BCUT2D eigenvalue weighted by Gasteiger charge is 2.15. The Morgan fingerprint density at radius 2 is 1.70 bits per heavy atom. The number of carbonyl (C=O) groups is 1. The summed E-state index contributed by atoms with van der Waals surface area (Å²) < 4.78 is 1.55. The summed E-state index contributed by atoms with van der Waals surface area (Å²) >= 11 is 0. The maximum absolute atomic E-state index is 12.6. The molecular formula is C18H18N4O. The van der Waals surface area contributed by atoms with E-state index in [1.54, 1.807) is 4.68 Å². The molecule has 0 aliphatic heterocycles. The highest BCUT2D eigenvalue weighted by Crippen LogP contribution is 2.18. The number of benzene rings is 2. The Morgan fingerprint density at radius 1 is 1.00 bits per heavy atom. The van der Waals surface area contributed by atoms with Crippen molar-refractivity contribution in [3.8, 4) is 11.4 Å². The van der Waals surface area contributed by atoms with Crippen LogP contribution in [0.1, 0.15) is 27.0 Å². The first-order chi connectivity index (χ1) is 11.0. The van der Waals surface area contributed by atoms with Crippen molar-refractivity contribution in [2.24, 2.45) is 0 Å². The van der Waals surface area contributed by atoms with Crippen LogP contribution in [0.25, 0.3) is 11.4 Å². The number of carbonyl (C=O) groups excluding carboxylic acids is 1. The molecule has 2 aromatic carbocycles. The minimum atomic E-state index is 0.00635. The van der Waals surface area contributed by atoms with Crippen molar-refractivity contribution in [3.05, 3.63) is 64.7 Å². The fraction of sp³-hybridized carbons (Fsp3) is 0.222. The van der Waals surface area contributed by atoms with E-state index in [9.17, 15) is 4.79 Å². The predicted octanol–water partition coefficient (Wildman–Crippen LogP) is 3.15. The fourth-order valence-corrected chi connectivity index (χ4v) is 2.48. The van der Waals surface area contributed by atoms with Gasteiger partial charge in [0.1, 0.15) is 6.54 Å². The van der Waals surface area contributed by atoms with Crippen molar-refractivity contribution >= 4 is 5.78 Å². The van der Waals surface area contributed by atoms with Crippen molar-refractivity contribution in [1.82, 2.24) is 20.2 Å². The number of aryl methyl sites for hydroxylation is 3. The Balaban J connectivity index is 1.89. The molecule has 0 saturated heterocycles. The van der Waals surface area contributed by atoms with E-state index in [0.29, 0.717) is 5.82 Å². The maximum atomic E-state index is 12.6. The van der Waals surface area contributed by atoms with Crippen molar-refractivity contribution < 1.29 is 4.79 Å². The summed E-state index contributed by atoms with van der Waals surface area (Å²) in [7, 11) is 0. The lowest BCUT2D eigenvalue weighted by molar-refractivity contribution is 0.0967. The van der Waals surface area contributed by atoms with Crippen LogP contribution in [-0.2, 0) is 6.54 Å². The Kier molecular flexibility index (Phi) is 4.02. The maximum Gasteiger partial charge on any atom is 0.184 e. The summed E-state index contributed by atoms with van der Waals surface area (Å²) in [5.41, 5.74) is 4.81. The molecule has 0 bridgehead atoms. The quantitative estimate of drug-likeness (QED) is 0.695. The molecule has 0 N–H and O–H groups in total. The fourth-order valence-electron chi connectivity index (χ4n) is 2.48. The SMILES string of the molecule is Cc1ccc(-c2nnnn2CC(=O)c2cc(C)ccc2C)cc1. The lowest BCUT2D eigenvalue weighted by atomic mass is 10.0. The summed E-state index contributed by atoms with van der Waals surface area (Å²) in [6, 6.07) is 13.8. The van der Waals surface area contributed by atoms with Crippen molar-refractivity contribution in [1.29, 1.82) is 0 Å². The monoisotopic (exact) mass is 306 g/mol. The van der Waals surface area contributed by atoms with Gasteiger partial charge in [-0.25, -0.2) is 4.68 Å². The number of rotatable bonds is 4. The van der Waals surface area contributed by atoms with E-state index < -0.39 is 0 Å². The van der Waals surface area contributed by atoms with Gasteiger partial charge in [-0.15, -0.1) is 5.10 Å². The number of nitrogens with zero attached hydrogens (tertiary/aromatic N) is 4. The first-order valence-electron chi connectivity index (χ1n) is 7.48. The van der Waals surface area contributed by atoms with Gasteiger partial charge in [0, 0.05) is 11.1 Å². The van der Waals surface area contributed by atoms with Crippen LogP contribution in [-0.4, -0.2) is 26.0 Å². The van der Waals surface area contributed by atoms with E-state index in [-0.39, 0.29) is 12.3 Å². The Bertz CT molecular complexity index is 850. The Hall–Kier alpha value is -2.82. The van der Waals surface area contributed by atoms with Gasteiger partial charge in [0.05, 0.1) is 0 Å². The van der Waals surface area contributed by atoms with Crippen molar-refractivity contribution in [3.63, 3.8) is 0 Å². The molecule has 116 valence electrons. The van der Waals surface area contributed by atoms with Gasteiger partial charge in [-0.05, 0) is 42.8 Å². The van der Waals surface area contributed by atoms with E-state index in [1.807, 2.05) is 63.2 Å². The van der Waals surface area contributed by atoms with Crippen LogP contribution in [0.3, 0.4) is 0 Å². The first kappa shape index (κ1) is 15.1. The Morgan fingerprint density at radius 3 is 2.43 bits per heavy atom. The third-order valence-corrected chi connectivity index (χ3v) is 3.83. The molecule has 23 heavy (non-hydrogen) atoms. The molecule has 0 unspecified atom stereocenters. The van der Waals surface area contributed by atoms with Crippen LogP contribution < -0.4 is 0 Å². The van der Waals surface area contributed by atoms with Gasteiger partial charge in [0.2, 0.25) is 0 Å². The number of ketones is 1. The third-order valence-electron chi connectivity index (χ3n) is 3.83. The zero-order valence-electron chi connectivity index (χ0n) is 13.4. The lowest BCUT2D eigenvalue weighted by Crippen LogP contribution is -2.14. The molecule has 1 heterocycles. The average molecular weight is 306 g/mol. The van der Waals surface area contributed by atoms with Gasteiger partial charge in [-0.2, -0.15) is 0 Å². The highest BCUT2D eigenvalue weighted by molar-refractivity contribution is 5.97. The first-order valence-corrected chi connectivity index (χ1v) is 7.48. The summed E-state index contributed by atoms with van der Waals surface area (Å²) in [5, 5.41) is 11.7. The molecule has 0 spiro atoms. The molecule has 0 saturated carbocycles. The number of tetrazole rings is 1. The predicted molar refractivity (Wildman–Crippen MR) is 88.2 cm³/mol. The van der Waals surface area contributed by atoms with Crippen LogP contribution in [0, 0.1) is 20.8 Å². The molecule has 3 aromatic rings. The van der Waals surface area contributed by atoms with E-state index >= 15 is 0 Å². The minimum Gasteiger partial charge on any atom is -0.292 e. The van der Waals surface area contributed by atoms with Gasteiger partial charge in [0.15, 0.2) is 11.6 Å².